The smallest absolute Gasteiger partial charge is 0.309 e. The molecule has 0 radical (unpaired) electrons. The molecule has 7 aliphatic rings. The predicted octanol–water partition coefficient (Wildman–Crippen LogP) is 4.34. The van der Waals surface area contributed by atoms with Crippen molar-refractivity contribution in [3.05, 3.63) is 29.8 Å². The van der Waals surface area contributed by atoms with E-state index < -0.39 is 23.0 Å². The third-order valence-electron chi connectivity index (χ3n) is 10.3. The van der Waals surface area contributed by atoms with Crippen molar-refractivity contribution in [2.75, 3.05) is 39.5 Å². The number of ether oxygens (including phenoxy) is 3. The number of carboxylic acid groups (broad SMARTS) is 1. The van der Waals surface area contributed by atoms with Gasteiger partial charge in [0.05, 0.1) is 18.6 Å². The highest BCUT2D eigenvalue weighted by molar-refractivity contribution is 5.75. The zero-order chi connectivity index (χ0) is 25.1. The molecular weight excluding hydrogens is 474 g/mol. The van der Waals surface area contributed by atoms with E-state index in [0.717, 1.165) is 83.5 Å². The minimum absolute atomic E-state index is 0.114. The van der Waals surface area contributed by atoms with E-state index in [0.29, 0.717) is 31.3 Å². The van der Waals surface area contributed by atoms with Crippen LogP contribution in [0.25, 0.3) is 0 Å². The Bertz CT molecular complexity index is 982. The third-order valence-corrected chi connectivity index (χ3v) is 10.3. The number of hydrogen-bond donors (Lipinski definition) is 1. The number of hydrogen-bond acceptors (Lipinski definition) is 7. The molecule has 2 heterocycles. The second-order valence-electron chi connectivity index (χ2n) is 12.5. The first-order valence-corrected chi connectivity index (χ1v) is 14.3. The maximum absolute atomic E-state index is 12.1. The summed E-state index contributed by atoms with van der Waals surface area (Å²) in [5.41, 5.74) is 0.752. The number of aliphatic carboxylic acids is 1. The van der Waals surface area contributed by atoms with Gasteiger partial charge in [0.25, 0.3) is 0 Å². The molecule has 37 heavy (non-hydrogen) atoms. The Hall–Kier alpha value is -1.71. The van der Waals surface area contributed by atoms with Gasteiger partial charge >= 0.3 is 5.97 Å². The summed E-state index contributed by atoms with van der Waals surface area (Å²) in [4.78, 5) is 26.7. The van der Waals surface area contributed by atoms with E-state index in [2.05, 4.69) is 29.2 Å². The van der Waals surface area contributed by atoms with Gasteiger partial charge in [0.2, 0.25) is 11.6 Å². The molecule has 1 aromatic rings. The summed E-state index contributed by atoms with van der Waals surface area (Å²) in [7, 11) is 0. The van der Waals surface area contributed by atoms with Gasteiger partial charge in [-0.25, -0.2) is 0 Å². The molecule has 0 aromatic heterocycles. The predicted molar refractivity (Wildman–Crippen MR) is 133 cm³/mol. The maximum Gasteiger partial charge on any atom is 0.309 e. The van der Waals surface area contributed by atoms with Gasteiger partial charge in [-0.05, 0) is 74.5 Å². The molecule has 2 aliphatic heterocycles. The van der Waals surface area contributed by atoms with E-state index >= 15 is 0 Å². The minimum Gasteiger partial charge on any atom is -0.492 e. The Kier molecular flexibility index (Phi) is 6.05. The molecular formula is C29H39NO7. The topological polar surface area (TPSA) is 86.7 Å². The fourth-order valence-electron chi connectivity index (χ4n) is 8.49. The number of nitrogens with zero attached hydrogens (tertiary/aromatic N) is 1. The Morgan fingerprint density at radius 2 is 1.70 bits per heavy atom. The van der Waals surface area contributed by atoms with Crippen LogP contribution in [0.5, 0.6) is 5.75 Å². The molecule has 8 rings (SSSR count). The summed E-state index contributed by atoms with van der Waals surface area (Å²) in [5.74, 6) is 0.0156. The lowest BCUT2D eigenvalue weighted by Crippen LogP contribution is -2.64. The number of benzene rings is 1. The lowest BCUT2D eigenvalue weighted by molar-refractivity contribution is -0.393. The van der Waals surface area contributed by atoms with Crippen molar-refractivity contribution in [2.45, 2.75) is 75.3 Å². The summed E-state index contributed by atoms with van der Waals surface area (Å²) in [6.45, 7) is 5.21. The first-order chi connectivity index (χ1) is 18.0. The van der Waals surface area contributed by atoms with Crippen LogP contribution in [0.1, 0.15) is 69.3 Å². The van der Waals surface area contributed by atoms with Gasteiger partial charge in [-0.2, -0.15) is 9.78 Å². The third kappa shape index (κ3) is 4.20. The van der Waals surface area contributed by atoms with Gasteiger partial charge in [0, 0.05) is 44.3 Å². The Labute approximate surface area is 218 Å². The average molecular weight is 514 g/mol. The number of carboxylic acids is 1. The zero-order valence-corrected chi connectivity index (χ0v) is 21.6. The zero-order valence-electron chi connectivity index (χ0n) is 21.6. The van der Waals surface area contributed by atoms with E-state index in [4.69, 9.17) is 24.0 Å². The van der Waals surface area contributed by atoms with Crippen molar-refractivity contribution in [3.63, 3.8) is 0 Å². The van der Waals surface area contributed by atoms with Gasteiger partial charge in [-0.1, -0.05) is 12.1 Å². The number of rotatable bonds is 6. The lowest BCUT2D eigenvalue weighted by atomic mass is 9.47. The van der Waals surface area contributed by atoms with Crippen molar-refractivity contribution in [1.82, 2.24) is 4.90 Å². The highest BCUT2D eigenvalue weighted by Gasteiger charge is 2.71. The summed E-state index contributed by atoms with van der Waals surface area (Å²) in [6.07, 6.45) is 7.66. The van der Waals surface area contributed by atoms with Crippen LogP contribution in [0.4, 0.5) is 0 Å². The van der Waals surface area contributed by atoms with E-state index in [1.54, 1.807) is 0 Å². The van der Waals surface area contributed by atoms with Crippen molar-refractivity contribution < 1.29 is 33.9 Å². The van der Waals surface area contributed by atoms with Crippen LogP contribution in [-0.2, 0) is 24.0 Å². The average Bonchev–Trinajstić information content (AvgIpc) is 3.28. The molecule has 1 N–H and O–H groups in total. The molecule has 4 bridgehead atoms. The molecule has 202 valence electrons. The summed E-state index contributed by atoms with van der Waals surface area (Å²) in [6, 6.07) is 8.58. The molecule has 2 spiro atoms. The van der Waals surface area contributed by atoms with Gasteiger partial charge in [0.15, 0.2) is 0 Å². The molecule has 8 nitrogen and oxygen atoms in total. The quantitative estimate of drug-likeness (QED) is 0.563. The summed E-state index contributed by atoms with van der Waals surface area (Å²) in [5, 5.41) is 9.98. The molecule has 2 atom stereocenters. The fourth-order valence-corrected chi connectivity index (χ4v) is 8.49. The van der Waals surface area contributed by atoms with Crippen molar-refractivity contribution in [1.29, 1.82) is 0 Å². The van der Waals surface area contributed by atoms with E-state index in [9.17, 15) is 9.90 Å². The molecule has 5 aliphatic carbocycles. The number of morpholine rings is 1. The highest BCUT2D eigenvalue weighted by Crippen LogP contribution is 2.67. The number of carbonyl (C=O) groups is 1. The van der Waals surface area contributed by atoms with Gasteiger partial charge in [0.1, 0.15) is 12.4 Å². The summed E-state index contributed by atoms with van der Waals surface area (Å²) < 4.78 is 18.2. The van der Waals surface area contributed by atoms with Crippen LogP contribution < -0.4 is 4.74 Å². The van der Waals surface area contributed by atoms with Crippen LogP contribution in [0.3, 0.4) is 0 Å². The van der Waals surface area contributed by atoms with Crippen molar-refractivity contribution in [2.24, 2.45) is 23.2 Å². The van der Waals surface area contributed by atoms with Crippen LogP contribution in [-0.4, -0.2) is 67.0 Å². The van der Waals surface area contributed by atoms with Crippen molar-refractivity contribution >= 4 is 5.97 Å². The Balaban J connectivity index is 0.942. The van der Waals surface area contributed by atoms with Crippen LogP contribution >= 0.6 is 0 Å². The van der Waals surface area contributed by atoms with Crippen LogP contribution in [0.2, 0.25) is 0 Å². The molecule has 2 unspecified atom stereocenters. The van der Waals surface area contributed by atoms with E-state index in [-0.39, 0.29) is 11.8 Å². The van der Waals surface area contributed by atoms with Crippen LogP contribution in [0, 0.1) is 23.2 Å². The lowest BCUT2D eigenvalue weighted by Gasteiger charge is -2.60. The molecule has 0 amide bonds. The van der Waals surface area contributed by atoms with Gasteiger partial charge in [-0.3, -0.25) is 9.69 Å². The standard InChI is InChI=1S/C29H39NO7/c31-26(32)27-17-20-15-23(18-27)29(24(16-20)19-27)35-28(36-37-29)7-5-22(6-8-28)21-1-3-25(4-2-21)34-14-11-30-9-12-33-13-10-30/h1-4,20,22-24H,5-19H2,(H,31,32)/t20?,22-,23?,24?,27?,28+,29-. The first kappa shape index (κ1) is 24.3. The van der Waals surface area contributed by atoms with E-state index in [1.165, 1.54) is 5.56 Å². The summed E-state index contributed by atoms with van der Waals surface area (Å²) >= 11 is 0. The molecule has 2 saturated heterocycles. The normalized spacial score (nSPS) is 43.0. The second-order valence-corrected chi connectivity index (χ2v) is 12.5. The molecule has 7 fully saturated rings. The van der Waals surface area contributed by atoms with E-state index in [1.807, 2.05) is 0 Å². The fraction of sp³-hybridized carbons (Fsp3) is 0.759. The minimum atomic E-state index is -0.747. The SMILES string of the molecule is O=C(O)C12CC3CC(C1)[C@]1(OO[C@]4(CC[C@@H](c5ccc(OCCN6CCOCC6)cc5)CC4)O1)C(C3)C2. The highest BCUT2D eigenvalue weighted by atomic mass is 17.3. The second kappa shape index (κ2) is 9.19. The van der Waals surface area contributed by atoms with Gasteiger partial charge in [-0.15, -0.1) is 0 Å². The Morgan fingerprint density at radius 1 is 1.00 bits per heavy atom. The largest absolute Gasteiger partial charge is 0.492 e. The first-order valence-electron chi connectivity index (χ1n) is 14.3. The molecule has 1 aromatic carbocycles. The molecule has 8 heteroatoms. The Morgan fingerprint density at radius 3 is 2.38 bits per heavy atom. The monoisotopic (exact) mass is 513 g/mol. The van der Waals surface area contributed by atoms with Crippen molar-refractivity contribution in [3.8, 4) is 5.75 Å². The maximum atomic E-state index is 12.1. The van der Waals surface area contributed by atoms with Crippen LogP contribution in [0.15, 0.2) is 24.3 Å². The van der Waals surface area contributed by atoms with Gasteiger partial charge < -0.3 is 19.3 Å². The molecule has 5 saturated carbocycles.